The molecule has 0 aromatic carbocycles. The van der Waals surface area contributed by atoms with E-state index in [0.717, 1.165) is 0 Å². The Morgan fingerprint density at radius 2 is 1.80 bits per heavy atom. The van der Waals surface area contributed by atoms with Crippen molar-refractivity contribution in [3.05, 3.63) is 12.3 Å². The number of guanidine groups is 1. The quantitative estimate of drug-likeness (QED) is 0.437. The molecule has 0 amide bonds. The fourth-order valence-electron chi connectivity index (χ4n) is 0.231. The van der Waals surface area contributed by atoms with Gasteiger partial charge in [-0.2, -0.15) is 0 Å². The van der Waals surface area contributed by atoms with Crippen LogP contribution in [0.5, 0.6) is 0 Å². The number of hydrogen-bond donors (Lipinski definition) is 1. The molecule has 0 rings (SSSR count). The summed E-state index contributed by atoms with van der Waals surface area (Å²) in [6, 6.07) is 0. The predicted molar refractivity (Wildman–Crippen MR) is 47.3 cm³/mol. The van der Waals surface area contributed by atoms with Crippen molar-refractivity contribution in [3.8, 4) is 0 Å². The second-order valence-electron chi connectivity index (χ2n) is 1.36. The SMILES string of the molecule is C=NC(N)=NC(=C)C.CC. The van der Waals surface area contributed by atoms with Crippen LogP contribution in [-0.2, 0) is 0 Å². The Balaban J connectivity index is 0. The first-order valence-corrected chi connectivity index (χ1v) is 3.13. The molecule has 3 nitrogen and oxygen atoms in total. The van der Waals surface area contributed by atoms with Gasteiger partial charge in [-0.3, -0.25) is 0 Å². The number of aliphatic imine (C=N–C) groups is 2. The normalized spacial score (nSPS) is 9.30. The summed E-state index contributed by atoms with van der Waals surface area (Å²) >= 11 is 0. The lowest BCUT2D eigenvalue weighted by Gasteiger charge is -1.87. The molecule has 0 aliphatic heterocycles. The summed E-state index contributed by atoms with van der Waals surface area (Å²) in [4.78, 5) is 7.01. The molecule has 0 radical (unpaired) electrons. The highest BCUT2D eigenvalue weighted by Crippen LogP contribution is 1.86. The summed E-state index contributed by atoms with van der Waals surface area (Å²) in [5.74, 6) is 0.164. The molecule has 0 heterocycles. The van der Waals surface area contributed by atoms with Crippen molar-refractivity contribution in [3.63, 3.8) is 0 Å². The maximum atomic E-state index is 5.13. The van der Waals surface area contributed by atoms with Crippen LogP contribution in [0.2, 0.25) is 0 Å². The average Bonchev–Trinajstić information content (AvgIpc) is 1.91. The highest BCUT2D eigenvalue weighted by Gasteiger charge is 1.79. The van der Waals surface area contributed by atoms with Gasteiger partial charge in [0.15, 0.2) is 0 Å². The Kier molecular flexibility index (Phi) is 9.18. The molecule has 0 aromatic heterocycles. The molecule has 0 bridgehead atoms. The van der Waals surface area contributed by atoms with E-state index in [2.05, 4.69) is 23.3 Å². The van der Waals surface area contributed by atoms with E-state index in [4.69, 9.17) is 5.73 Å². The van der Waals surface area contributed by atoms with Crippen molar-refractivity contribution in [2.75, 3.05) is 0 Å². The van der Waals surface area contributed by atoms with E-state index in [9.17, 15) is 0 Å². The third-order valence-corrected chi connectivity index (χ3v) is 0.467. The largest absolute Gasteiger partial charge is 0.368 e. The van der Waals surface area contributed by atoms with Crippen LogP contribution in [0.4, 0.5) is 0 Å². The Bertz CT molecular complexity index is 136. The lowest BCUT2D eigenvalue weighted by atomic mass is 10.6. The zero-order chi connectivity index (χ0) is 8.57. The van der Waals surface area contributed by atoms with Gasteiger partial charge in [-0.1, -0.05) is 20.4 Å². The first-order valence-electron chi connectivity index (χ1n) is 3.13. The molecule has 10 heavy (non-hydrogen) atoms. The smallest absolute Gasteiger partial charge is 0.219 e. The summed E-state index contributed by atoms with van der Waals surface area (Å²) in [7, 11) is 0. The number of nitrogens with two attached hydrogens (primary N) is 1. The second kappa shape index (κ2) is 7.88. The number of nitrogens with zero attached hydrogens (tertiary/aromatic N) is 2. The molecule has 0 spiro atoms. The topological polar surface area (TPSA) is 50.7 Å². The van der Waals surface area contributed by atoms with Crippen molar-refractivity contribution in [1.29, 1.82) is 0 Å². The summed E-state index contributed by atoms with van der Waals surface area (Å²) in [6.45, 7) is 12.4. The molecule has 0 saturated carbocycles. The lowest BCUT2D eigenvalue weighted by Crippen LogP contribution is -2.06. The van der Waals surface area contributed by atoms with Crippen LogP contribution in [0.15, 0.2) is 22.3 Å². The maximum Gasteiger partial charge on any atom is 0.219 e. The zero-order valence-electron chi connectivity index (χ0n) is 6.89. The van der Waals surface area contributed by atoms with Crippen LogP contribution in [0, 0.1) is 0 Å². The van der Waals surface area contributed by atoms with E-state index in [1.54, 1.807) is 6.92 Å². The lowest BCUT2D eigenvalue weighted by molar-refractivity contribution is 1.29. The fraction of sp³-hybridized carbons (Fsp3) is 0.429. The van der Waals surface area contributed by atoms with Crippen molar-refractivity contribution in [2.24, 2.45) is 15.7 Å². The zero-order valence-corrected chi connectivity index (χ0v) is 6.89. The van der Waals surface area contributed by atoms with Crippen LogP contribution in [-0.4, -0.2) is 12.7 Å². The van der Waals surface area contributed by atoms with E-state index < -0.39 is 0 Å². The number of rotatable bonds is 1. The molecule has 0 aliphatic rings. The van der Waals surface area contributed by atoms with Gasteiger partial charge in [-0.05, 0) is 13.6 Å². The van der Waals surface area contributed by atoms with Gasteiger partial charge in [-0.25, -0.2) is 9.98 Å². The van der Waals surface area contributed by atoms with Crippen LogP contribution >= 0.6 is 0 Å². The van der Waals surface area contributed by atoms with Gasteiger partial charge >= 0.3 is 0 Å². The first-order chi connectivity index (χ1) is 4.66. The summed E-state index contributed by atoms with van der Waals surface area (Å²) < 4.78 is 0. The molecule has 0 atom stereocenters. The van der Waals surface area contributed by atoms with Gasteiger partial charge < -0.3 is 5.73 Å². The van der Waals surface area contributed by atoms with Gasteiger partial charge in [0.1, 0.15) is 0 Å². The van der Waals surface area contributed by atoms with E-state index >= 15 is 0 Å². The van der Waals surface area contributed by atoms with Crippen LogP contribution in [0.1, 0.15) is 20.8 Å². The molecule has 0 aliphatic carbocycles. The molecule has 58 valence electrons. The highest BCUT2D eigenvalue weighted by molar-refractivity contribution is 5.83. The molecule has 3 heteroatoms. The Labute approximate surface area is 62.4 Å². The number of hydrogen-bond acceptors (Lipinski definition) is 1. The van der Waals surface area contributed by atoms with E-state index in [1.807, 2.05) is 13.8 Å². The Morgan fingerprint density at radius 1 is 1.40 bits per heavy atom. The van der Waals surface area contributed by atoms with Gasteiger partial charge in [0.25, 0.3) is 0 Å². The Hall–Kier alpha value is -1.12. The predicted octanol–water partition coefficient (Wildman–Crippen LogP) is 1.56. The van der Waals surface area contributed by atoms with E-state index in [-0.39, 0.29) is 5.96 Å². The third kappa shape index (κ3) is 9.99. The molecule has 0 fully saturated rings. The van der Waals surface area contributed by atoms with E-state index in [1.165, 1.54) is 0 Å². The Morgan fingerprint density at radius 3 is 1.90 bits per heavy atom. The van der Waals surface area contributed by atoms with Gasteiger partial charge in [-0.15, -0.1) is 0 Å². The standard InChI is InChI=1S/C5H9N3.C2H6/c1-4(2)8-5(6)7-3;1-2/h1,3H2,2H3,(H2,6,8);1-2H3. The first kappa shape index (κ1) is 11.6. The van der Waals surface area contributed by atoms with Crippen LogP contribution in [0.25, 0.3) is 0 Å². The highest BCUT2D eigenvalue weighted by atomic mass is 15.0. The van der Waals surface area contributed by atoms with Crippen LogP contribution < -0.4 is 5.73 Å². The second-order valence-corrected chi connectivity index (χ2v) is 1.36. The number of allylic oxidation sites excluding steroid dienone is 1. The van der Waals surface area contributed by atoms with Crippen LogP contribution in [0.3, 0.4) is 0 Å². The van der Waals surface area contributed by atoms with Crippen molar-refractivity contribution < 1.29 is 0 Å². The van der Waals surface area contributed by atoms with Crippen molar-refractivity contribution in [1.82, 2.24) is 0 Å². The summed E-state index contributed by atoms with van der Waals surface area (Å²) in [5, 5.41) is 0. The minimum atomic E-state index is 0.164. The van der Waals surface area contributed by atoms with Gasteiger partial charge in [0.05, 0.1) is 0 Å². The minimum absolute atomic E-state index is 0.164. The minimum Gasteiger partial charge on any atom is -0.368 e. The monoisotopic (exact) mass is 141 g/mol. The molecular formula is C7H15N3. The van der Waals surface area contributed by atoms with Gasteiger partial charge in [0.2, 0.25) is 5.96 Å². The third-order valence-electron chi connectivity index (χ3n) is 0.467. The molecule has 2 N–H and O–H groups in total. The molecule has 0 aromatic rings. The maximum absolute atomic E-state index is 5.13. The summed E-state index contributed by atoms with van der Waals surface area (Å²) in [6.07, 6.45) is 0. The molecule has 0 unspecified atom stereocenters. The molecule has 0 saturated heterocycles. The summed E-state index contributed by atoms with van der Waals surface area (Å²) in [5.41, 5.74) is 5.77. The average molecular weight is 141 g/mol. The van der Waals surface area contributed by atoms with E-state index in [0.29, 0.717) is 5.70 Å². The fourth-order valence-corrected chi connectivity index (χ4v) is 0.231. The van der Waals surface area contributed by atoms with Gasteiger partial charge in [0, 0.05) is 5.70 Å². The molecular weight excluding hydrogens is 126 g/mol. The van der Waals surface area contributed by atoms with Crippen molar-refractivity contribution in [2.45, 2.75) is 20.8 Å². The van der Waals surface area contributed by atoms with Crippen molar-refractivity contribution >= 4 is 12.7 Å².